The monoisotopic (exact) mass is 826 g/mol. The van der Waals surface area contributed by atoms with E-state index in [2.05, 4.69) is 131 Å². The summed E-state index contributed by atoms with van der Waals surface area (Å²) in [6.45, 7) is 0. The molecule has 0 heterocycles. The number of para-hydroxylation sites is 2. The number of benzene rings is 9. The summed E-state index contributed by atoms with van der Waals surface area (Å²) in [4.78, 5) is 4.48. The third kappa shape index (κ3) is 8.16. The van der Waals surface area contributed by atoms with E-state index in [-0.39, 0.29) is 0 Å². The summed E-state index contributed by atoms with van der Waals surface area (Å²) >= 11 is 0. The van der Waals surface area contributed by atoms with E-state index in [1.165, 1.54) is 0 Å². The van der Waals surface area contributed by atoms with Crippen LogP contribution in [0, 0.1) is 22.7 Å². The van der Waals surface area contributed by atoms with Crippen LogP contribution in [0.25, 0.3) is 45.8 Å². The van der Waals surface area contributed by atoms with E-state index in [1.807, 2.05) is 97.1 Å². The van der Waals surface area contributed by atoms with E-state index in [0.29, 0.717) is 22.3 Å². The van der Waals surface area contributed by atoms with Crippen LogP contribution in [0.4, 0.5) is 34.1 Å². The molecule has 64 heavy (non-hydrogen) atoms. The van der Waals surface area contributed by atoms with Gasteiger partial charge in [-0.05, 0) is 107 Å². The minimum Gasteiger partial charge on any atom is -0.496 e. The molecule has 9 aromatic carbocycles. The van der Waals surface area contributed by atoms with Crippen LogP contribution in [0.1, 0.15) is 33.4 Å². The first-order chi connectivity index (χ1) is 31.6. The largest absolute Gasteiger partial charge is 0.496 e. The highest BCUT2D eigenvalue weighted by molar-refractivity contribution is 6.03. The molecule has 0 bridgehead atoms. The number of hydrogen-bond acceptors (Lipinski definition) is 6. The van der Waals surface area contributed by atoms with Crippen molar-refractivity contribution in [2.45, 2.75) is 0 Å². The molecule has 0 unspecified atom stereocenters. The highest BCUT2D eigenvalue weighted by atomic mass is 16.5. The van der Waals surface area contributed by atoms with Crippen LogP contribution in [0.3, 0.4) is 0 Å². The predicted molar refractivity (Wildman–Crippen MR) is 264 cm³/mol. The average molecular weight is 827 g/mol. The molecule has 0 aliphatic rings. The fourth-order valence-electron chi connectivity index (χ4n) is 8.21. The first-order valence-electron chi connectivity index (χ1n) is 20.9. The summed E-state index contributed by atoms with van der Waals surface area (Å²) in [5.74, 6) is 1.65. The fourth-order valence-corrected chi connectivity index (χ4v) is 8.21. The maximum atomic E-state index is 10.3. The van der Waals surface area contributed by atoms with E-state index in [0.717, 1.165) is 78.3 Å². The lowest BCUT2D eigenvalue weighted by molar-refractivity contribution is 0.420. The molecule has 9 aromatic rings. The van der Waals surface area contributed by atoms with Gasteiger partial charge in [-0.1, -0.05) is 133 Å². The minimum absolute atomic E-state index is 0.480. The maximum Gasteiger partial charge on any atom is 0.126 e. The Bertz CT molecular complexity index is 3030. The van der Waals surface area contributed by atoms with Crippen LogP contribution in [-0.4, -0.2) is 14.2 Å². The quantitative estimate of drug-likeness (QED) is 0.114. The van der Waals surface area contributed by atoms with Gasteiger partial charge in [-0.25, -0.2) is 0 Å². The zero-order valence-corrected chi connectivity index (χ0v) is 35.4. The molecule has 0 atom stereocenters. The number of ether oxygens (including phenoxy) is 2. The van der Waals surface area contributed by atoms with E-state index in [4.69, 9.17) is 9.47 Å². The second-order valence-corrected chi connectivity index (χ2v) is 15.1. The lowest BCUT2D eigenvalue weighted by Gasteiger charge is -2.27. The number of hydrogen-bond donors (Lipinski definition) is 0. The molecular formula is C58H42N4O2. The molecular weight excluding hydrogens is 785 g/mol. The zero-order valence-electron chi connectivity index (χ0n) is 35.4. The standard InChI is InChI=1S/C58H42N4O2/c1-63-57-35-33-55(51-17-9-11-19-53(51)57)61(47-13-5-3-6-14-47)49-29-23-41(24-30-49)21-27-43-37-46(40-60)44(38-45(43)39-59)28-22-42-25-31-50(32-26-42)62(48-15-7-4-8-16-48)56-34-36-58(64-2)54-20-12-10-18-52(54)56/h3-38H,1-2H3/b27-21-,28-22-. The molecule has 306 valence electrons. The van der Waals surface area contributed by atoms with Gasteiger partial charge in [-0.3, -0.25) is 0 Å². The first-order valence-corrected chi connectivity index (χ1v) is 20.9. The predicted octanol–water partition coefficient (Wildman–Crippen LogP) is 15.0. The van der Waals surface area contributed by atoms with Gasteiger partial charge in [0, 0.05) is 44.3 Å². The van der Waals surface area contributed by atoms with Gasteiger partial charge < -0.3 is 19.3 Å². The van der Waals surface area contributed by atoms with Gasteiger partial charge >= 0.3 is 0 Å². The topological polar surface area (TPSA) is 72.5 Å². The Morgan fingerprint density at radius 3 is 1.08 bits per heavy atom. The zero-order chi connectivity index (χ0) is 43.8. The molecule has 0 aliphatic heterocycles. The van der Waals surface area contributed by atoms with Crippen LogP contribution in [0.5, 0.6) is 11.5 Å². The number of nitrogens with zero attached hydrogens (tertiary/aromatic N) is 4. The molecule has 0 spiro atoms. The molecule has 0 aromatic heterocycles. The van der Waals surface area contributed by atoms with Gasteiger partial charge in [0.1, 0.15) is 11.5 Å². The molecule has 0 aliphatic carbocycles. The summed E-state index contributed by atoms with van der Waals surface area (Å²) < 4.78 is 11.4. The molecule has 6 nitrogen and oxygen atoms in total. The van der Waals surface area contributed by atoms with Crippen molar-refractivity contribution in [1.82, 2.24) is 0 Å². The van der Waals surface area contributed by atoms with E-state index >= 15 is 0 Å². The Labute approximate surface area is 373 Å². The normalized spacial score (nSPS) is 11.1. The second kappa shape index (κ2) is 18.4. The Morgan fingerprint density at radius 2 is 0.719 bits per heavy atom. The summed E-state index contributed by atoms with van der Waals surface area (Å²) in [5.41, 5.74) is 10.3. The molecule has 6 heteroatoms. The second-order valence-electron chi connectivity index (χ2n) is 15.1. The average Bonchev–Trinajstić information content (AvgIpc) is 3.36. The summed E-state index contributed by atoms with van der Waals surface area (Å²) in [6.07, 6.45) is 7.75. The number of nitriles is 2. The van der Waals surface area contributed by atoms with Crippen LogP contribution >= 0.6 is 0 Å². The number of rotatable bonds is 12. The van der Waals surface area contributed by atoms with Gasteiger partial charge in [-0.2, -0.15) is 10.5 Å². The molecule has 0 radical (unpaired) electrons. The molecule has 0 saturated heterocycles. The molecule has 0 amide bonds. The van der Waals surface area contributed by atoms with Crippen molar-refractivity contribution in [2.75, 3.05) is 24.0 Å². The smallest absolute Gasteiger partial charge is 0.126 e. The molecule has 0 saturated carbocycles. The lowest BCUT2D eigenvalue weighted by atomic mass is 9.97. The minimum atomic E-state index is 0.480. The van der Waals surface area contributed by atoms with E-state index < -0.39 is 0 Å². The summed E-state index contributed by atoms with van der Waals surface area (Å²) in [5, 5.41) is 24.7. The summed E-state index contributed by atoms with van der Waals surface area (Å²) in [6, 6.07) is 70.2. The Balaban J connectivity index is 0.973. The highest BCUT2D eigenvalue weighted by Gasteiger charge is 2.18. The maximum absolute atomic E-state index is 10.3. The fraction of sp³-hybridized carbons (Fsp3) is 0.0345. The van der Waals surface area contributed by atoms with Crippen molar-refractivity contribution in [3.05, 3.63) is 228 Å². The van der Waals surface area contributed by atoms with Crippen molar-refractivity contribution >= 4 is 80.0 Å². The van der Waals surface area contributed by atoms with Crippen molar-refractivity contribution < 1.29 is 9.47 Å². The van der Waals surface area contributed by atoms with Crippen molar-refractivity contribution in [3.63, 3.8) is 0 Å². The Morgan fingerprint density at radius 1 is 0.375 bits per heavy atom. The van der Waals surface area contributed by atoms with Crippen LogP contribution in [-0.2, 0) is 0 Å². The van der Waals surface area contributed by atoms with E-state index in [1.54, 1.807) is 26.4 Å². The van der Waals surface area contributed by atoms with Gasteiger partial charge in [-0.15, -0.1) is 0 Å². The Hall–Kier alpha value is -8.84. The van der Waals surface area contributed by atoms with Crippen LogP contribution in [0.2, 0.25) is 0 Å². The van der Waals surface area contributed by atoms with Crippen LogP contribution in [0.15, 0.2) is 194 Å². The SMILES string of the molecule is COc1ccc(N(c2ccccc2)c2ccc(/C=C\c3cc(C#N)c(/C=C\c4ccc(N(c5ccccc5)c5ccc(OC)c6ccccc56)cc4)cc3C#N)cc2)c2ccccc12. The van der Waals surface area contributed by atoms with Gasteiger partial charge in [0.2, 0.25) is 0 Å². The van der Waals surface area contributed by atoms with Crippen molar-refractivity contribution in [3.8, 4) is 23.6 Å². The third-order valence-electron chi connectivity index (χ3n) is 11.3. The number of fused-ring (bicyclic) bond motifs is 2. The summed E-state index contributed by atoms with van der Waals surface area (Å²) in [7, 11) is 3.39. The number of anilines is 6. The molecule has 9 rings (SSSR count). The molecule has 0 fully saturated rings. The van der Waals surface area contributed by atoms with E-state index in [9.17, 15) is 10.5 Å². The van der Waals surface area contributed by atoms with Crippen LogP contribution < -0.4 is 19.3 Å². The Kier molecular flexibility index (Phi) is 11.7. The van der Waals surface area contributed by atoms with Gasteiger partial charge in [0.25, 0.3) is 0 Å². The van der Waals surface area contributed by atoms with Gasteiger partial charge in [0.05, 0.1) is 48.9 Å². The lowest BCUT2D eigenvalue weighted by Crippen LogP contribution is -2.10. The van der Waals surface area contributed by atoms with Crippen molar-refractivity contribution in [2.24, 2.45) is 0 Å². The van der Waals surface area contributed by atoms with Crippen molar-refractivity contribution in [1.29, 1.82) is 10.5 Å². The third-order valence-corrected chi connectivity index (χ3v) is 11.3. The molecule has 0 N–H and O–H groups in total. The first kappa shape index (κ1) is 40.6. The van der Waals surface area contributed by atoms with Gasteiger partial charge in [0.15, 0.2) is 0 Å². The highest BCUT2D eigenvalue weighted by Crippen LogP contribution is 2.43. The number of methoxy groups -OCH3 is 2.